The average molecular weight is 184 g/mol. The molecule has 0 radical (unpaired) electrons. The van der Waals surface area contributed by atoms with Crippen LogP contribution >= 0.6 is 0 Å². The van der Waals surface area contributed by atoms with Crippen molar-refractivity contribution < 1.29 is 0 Å². The Morgan fingerprint density at radius 1 is 1.46 bits per heavy atom. The molecule has 0 spiro atoms. The molecule has 1 heterocycles. The molecule has 13 heavy (non-hydrogen) atoms. The Labute approximate surface area is 82.7 Å². The van der Waals surface area contributed by atoms with Gasteiger partial charge in [-0.15, -0.1) is 0 Å². The van der Waals surface area contributed by atoms with Crippen LogP contribution in [0.1, 0.15) is 40.5 Å². The highest BCUT2D eigenvalue weighted by molar-refractivity contribution is 4.88. The van der Waals surface area contributed by atoms with E-state index in [1.165, 1.54) is 25.9 Å². The predicted octanol–water partition coefficient (Wildman–Crippen LogP) is 1.86. The largest absolute Gasteiger partial charge is 0.312 e. The number of rotatable bonds is 2. The van der Waals surface area contributed by atoms with E-state index in [9.17, 15) is 0 Å². The molecule has 1 saturated heterocycles. The fraction of sp³-hybridized carbons (Fsp3) is 1.00. The summed E-state index contributed by atoms with van der Waals surface area (Å²) in [5.74, 6) is 0. The topological polar surface area (TPSA) is 15.3 Å². The summed E-state index contributed by atoms with van der Waals surface area (Å²) >= 11 is 0. The number of hydrogen-bond acceptors (Lipinski definition) is 2. The van der Waals surface area contributed by atoms with Crippen LogP contribution in [0.3, 0.4) is 0 Å². The van der Waals surface area contributed by atoms with Crippen LogP contribution in [0.25, 0.3) is 0 Å². The van der Waals surface area contributed by atoms with E-state index in [0.29, 0.717) is 11.6 Å². The molecule has 1 aliphatic rings. The first kappa shape index (κ1) is 11.0. The summed E-state index contributed by atoms with van der Waals surface area (Å²) < 4.78 is 0. The normalized spacial score (nSPS) is 30.0. The first-order chi connectivity index (χ1) is 6.06. The quantitative estimate of drug-likeness (QED) is 0.704. The van der Waals surface area contributed by atoms with E-state index in [0.717, 1.165) is 6.54 Å². The standard InChI is InChI=1S/C11H24N2/c1-5-7-13-8-6-10(2)12-9-11(13,3)4/h10,12H,5-9H2,1-4H3. The lowest BCUT2D eigenvalue weighted by Gasteiger charge is -2.36. The van der Waals surface area contributed by atoms with Gasteiger partial charge in [0.1, 0.15) is 0 Å². The Kier molecular flexibility index (Phi) is 3.74. The third kappa shape index (κ3) is 2.96. The van der Waals surface area contributed by atoms with Gasteiger partial charge in [-0.1, -0.05) is 6.92 Å². The van der Waals surface area contributed by atoms with E-state index in [2.05, 4.69) is 37.9 Å². The van der Waals surface area contributed by atoms with E-state index in [4.69, 9.17) is 0 Å². The molecule has 2 heteroatoms. The molecule has 1 rings (SSSR count). The second-order valence-electron chi connectivity index (χ2n) is 4.87. The summed E-state index contributed by atoms with van der Waals surface area (Å²) in [5, 5.41) is 3.58. The highest BCUT2D eigenvalue weighted by Gasteiger charge is 2.28. The summed E-state index contributed by atoms with van der Waals surface area (Å²) in [6, 6.07) is 0.682. The van der Waals surface area contributed by atoms with Gasteiger partial charge in [0.2, 0.25) is 0 Å². The van der Waals surface area contributed by atoms with Crippen molar-refractivity contribution in [2.45, 2.75) is 52.1 Å². The Morgan fingerprint density at radius 2 is 2.15 bits per heavy atom. The number of nitrogens with one attached hydrogen (secondary N) is 1. The second-order valence-corrected chi connectivity index (χ2v) is 4.87. The first-order valence-electron chi connectivity index (χ1n) is 5.54. The van der Waals surface area contributed by atoms with Crippen LogP contribution in [-0.2, 0) is 0 Å². The molecule has 0 aromatic rings. The molecule has 2 nitrogen and oxygen atoms in total. The zero-order valence-electron chi connectivity index (χ0n) is 9.56. The van der Waals surface area contributed by atoms with Gasteiger partial charge in [0.05, 0.1) is 0 Å². The Morgan fingerprint density at radius 3 is 2.77 bits per heavy atom. The van der Waals surface area contributed by atoms with Crippen LogP contribution in [0.2, 0.25) is 0 Å². The van der Waals surface area contributed by atoms with Crippen LogP contribution in [0.15, 0.2) is 0 Å². The number of nitrogens with zero attached hydrogens (tertiary/aromatic N) is 1. The zero-order chi connectivity index (χ0) is 9.90. The SMILES string of the molecule is CCCN1CCC(C)NCC1(C)C. The van der Waals surface area contributed by atoms with E-state index in [-0.39, 0.29) is 0 Å². The van der Waals surface area contributed by atoms with Gasteiger partial charge in [-0.3, -0.25) is 4.90 Å². The Bertz CT molecular complexity index is 154. The monoisotopic (exact) mass is 184 g/mol. The summed E-state index contributed by atoms with van der Waals surface area (Å²) in [4.78, 5) is 2.61. The van der Waals surface area contributed by atoms with Crippen molar-refractivity contribution in [2.75, 3.05) is 19.6 Å². The molecule has 1 fully saturated rings. The maximum absolute atomic E-state index is 3.58. The molecule has 0 amide bonds. The minimum absolute atomic E-state index is 0.334. The van der Waals surface area contributed by atoms with Gasteiger partial charge in [-0.2, -0.15) is 0 Å². The maximum Gasteiger partial charge on any atom is 0.0277 e. The maximum atomic E-state index is 3.58. The fourth-order valence-electron chi connectivity index (χ4n) is 1.97. The predicted molar refractivity (Wildman–Crippen MR) is 58.0 cm³/mol. The molecule has 1 atom stereocenters. The van der Waals surface area contributed by atoms with Gasteiger partial charge in [0.15, 0.2) is 0 Å². The Balaban J connectivity index is 2.57. The lowest BCUT2D eigenvalue weighted by atomic mass is 10.0. The van der Waals surface area contributed by atoms with Crippen LogP contribution in [0.5, 0.6) is 0 Å². The second kappa shape index (κ2) is 4.43. The third-order valence-electron chi connectivity index (χ3n) is 3.06. The molecular weight excluding hydrogens is 160 g/mol. The van der Waals surface area contributed by atoms with Gasteiger partial charge in [-0.25, -0.2) is 0 Å². The average Bonchev–Trinajstić information content (AvgIpc) is 2.18. The zero-order valence-corrected chi connectivity index (χ0v) is 9.56. The molecule has 0 saturated carbocycles. The van der Waals surface area contributed by atoms with Crippen molar-refractivity contribution in [1.29, 1.82) is 0 Å². The van der Waals surface area contributed by atoms with E-state index < -0.39 is 0 Å². The van der Waals surface area contributed by atoms with E-state index in [1.54, 1.807) is 0 Å². The molecule has 1 unspecified atom stereocenters. The van der Waals surface area contributed by atoms with Gasteiger partial charge < -0.3 is 5.32 Å². The first-order valence-corrected chi connectivity index (χ1v) is 5.54. The van der Waals surface area contributed by atoms with Crippen molar-refractivity contribution in [1.82, 2.24) is 10.2 Å². The van der Waals surface area contributed by atoms with Crippen molar-refractivity contribution in [3.8, 4) is 0 Å². The minimum Gasteiger partial charge on any atom is -0.312 e. The molecule has 1 N–H and O–H groups in total. The van der Waals surface area contributed by atoms with Gasteiger partial charge >= 0.3 is 0 Å². The molecule has 0 aliphatic carbocycles. The molecule has 0 aromatic heterocycles. The molecule has 78 valence electrons. The van der Waals surface area contributed by atoms with Gasteiger partial charge in [-0.05, 0) is 40.2 Å². The fourth-order valence-corrected chi connectivity index (χ4v) is 1.97. The van der Waals surface area contributed by atoms with Crippen LogP contribution in [0, 0.1) is 0 Å². The lowest BCUT2D eigenvalue weighted by molar-refractivity contribution is 0.133. The third-order valence-corrected chi connectivity index (χ3v) is 3.06. The summed E-state index contributed by atoms with van der Waals surface area (Å²) in [5.41, 5.74) is 0.334. The number of hydrogen-bond donors (Lipinski definition) is 1. The summed E-state index contributed by atoms with van der Waals surface area (Å²) in [7, 11) is 0. The smallest absolute Gasteiger partial charge is 0.0277 e. The minimum atomic E-state index is 0.334. The lowest BCUT2D eigenvalue weighted by Crippen LogP contribution is -2.49. The van der Waals surface area contributed by atoms with Crippen molar-refractivity contribution in [3.05, 3.63) is 0 Å². The summed E-state index contributed by atoms with van der Waals surface area (Å²) in [6.07, 6.45) is 2.54. The molecule has 0 bridgehead atoms. The molecular formula is C11H24N2. The van der Waals surface area contributed by atoms with E-state index in [1.807, 2.05) is 0 Å². The van der Waals surface area contributed by atoms with Crippen LogP contribution < -0.4 is 5.32 Å². The Hall–Kier alpha value is -0.0800. The van der Waals surface area contributed by atoms with Crippen molar-refractivity contribution in [2.24, 2.45) is 0 Å². The van der Waals surface area contributed by atoms with Crippen molar-refractivity contribution in [3.63, 3.8) is 0 Å². The summed E-state index contributed by atoms with van der Waals surface area (Å²) in [6.45, 7) is 12.8. The molecule has 1 aliphatic heterocycles. The van der Waals surface area contributed by atoms with Crippen LogP contribution in [-0.4, -0.2) is 36.1 Å². The highest BCUT2D eigenvalue weighted by atomic mass is 15.2. The van der Waals surface area contributed by atoms with Crippen LogP contribution in [0.4, 0.5) is 0 Å². The highest BCUT2D eigenvalue weighted by Crippen LogP contribution is 2.18. The molecule has 0 aromatic carbocycles. The van der Waals surface area contributed by atoms with Crippen molar-refractivity contribution >= 4 is 0 Å². The van der Waals surface area contributed by atoms with Gasteiger partial charge in [0.25, 0.3) is 0 Å². The van der Waals surface area contributed by atoms with Gasteiger partial charge in [0, 0.05) is 24.7 Å². The van der Waals surface area contributed by atoms with E-state index >= 15 is 0 Å².